The number of para-hydroxylation sites is 2. The molecule has 3 N–H and O–H groups in total. The Labute approximate surface area is 144 Å². The number of H-pyrrole nitrogens is 1. The molecule has 3 aromatic rings. The molecule has 3 rings (SSSR count). The minimum Gasteiger partial charge on any atom is -0.356 e. The SMILES string of the molecule is O=C(CCNC(=O)c1cnccn1)NCCc1nc2ccccc2[nH]1. The van der Waals surface area contributed by atoms with E-state index in [0.29, 0.717) is 13.0 Å². The zero-order chi connectivity index (χ0) is 17.5. The number of carbonyl (C=O) groups excluding carboxylic acids is 2. The van der Waals surface area contributed by atoms with E-state index in [2.05, 4.69) is 30.6 Å². The molecule has 2 amide bonds. The highest BCUT2D eigenvalue weighted by molar-refractivity contribution is 5.92. The number of amides is 2. The summed E-state index contributed by atoms with van der Waals surface area (Å²) in [7, 11) is 0. The zero-order valence-electron chi connectivity index (χ0n) is 13.5. The van der Waals surface area contributed by atoms with Crippen LogP contribution in [0.2, 0.25) is 0 Å². The van der Waals surface area contributed by atoms with E-state index < -0.39 is 0 Å². The van der Waals surface area contributed by atoms with Crippen LogP contribution in [0, 0.1) is 0 Å². The van der Waals surface area contributed by atoms with E-state index in [-0.39, 0.29) is 30.5 Å². The second-order valence-electron chi connectivity index (χ2n) is 5.40. The van der Waals surface area contributed by atoms with Gasteiger partial charge in [-0.1, -0.05) is 12.1 Å². The van der Waals surface area contributed by atoms with Gasteiger partial charge in [-0.05, 0) is 12.1 Å². The summed E-state index contributed by atoms with van der Waals surface area (Å²) < 4.78 is 0. The van der Waals surface area contributed by atoms with E-state index in [0.717, 1.165) is 16.9 Å². The van der Waals surface area contributed by atoms with Crippen LogP contribution in [-0.4, -0.2) is 44.8 Å². The average Bonchev–Trinajstić information content (AvgIpc) is 3.05. The predicted octanol–water partition coefficient (Wildman–Crippen LogP) is 0.832. The molecule has 0 spiro atoms. The summed E-state index contributed by atoms with van der Waals surface area (Å²) in [5, 5.41) is 5.45. The molecule has 0 aliphatic heterocycles. The first-order chi connectivity index (χ1) is 12.2. The third kappa shape index (κ3) is 4.60. The number of benzene rings is 1. The zero-order valence-corrected chi connectivity index (χ0v) is 13.5. The number of nitrogens with zero attached hydrogens (tertiary/aromatic N) is 3. The number of aromatic nitrogens is 4. The number of fused-ring (bicyclic) bond motifs is 1. The fourth-order valence-corrected chi connectivity index (χ4v) is 2.33. The van der Waals surface area contributed by atoms with Crippen LogP contribution in [0.3, 0.4) is 0 Å². The summed E-state index contributed by atoms with van der Waals surface area (Å²) in [6.07, 6.45) is 5.13. The van der Waals surface area contributed by atoms with E-state index in [9.17, 15) is 9.59 Å². The maximum Gasteiger partial charge on any atom is 0.271 e. The van der Waals surface area contributed by atoms with Crippen molar-refractivity contribution in [1.29, 1.82) is 0 Å². The van der Waals surface area contributed by atoms with Gasteiger partial charge in [-0.15, -0.1) is 0 Å². The standard InChI is InChI=1S/C17H18N6O2/c24-16(6-8-21-17(25)14-11-18-9-10-19-14)20-7-5-15-22-12-3-1-2-4-13(12)23-15/h1-4,9-11H,5-8H2,(H,20,24)(H,21,25)(H,22,23). The van der Waals surface area contributed by atoms with Gasteiger partial charge in [0, 0.05) is 38.3 Å². The van der Waals surface area contributed by atoms with Crippen molar-refractivity contribution >= 4 is 22.8 Å². The number of rotatable bonds is 7. The van der Waals surface area contributed by atoms with Gasteiger partial charge in [0.25, 0.3) is 5.91 Å². The van der Waals surface area contributed by atoms with Crippen molar-refractivity contribution in [3.8, 4) is 0 Å². The molecule has 0 saturated carbocycles. The largest absolute Gasteiger partial charge is 0.356 e. The second-order valence-corrected chi connectivity index (χ2v) is 5.40. The van der Waals surface area contributed by atoms with Crippen molar-refractivity contribution in [1.82, 2.24) is 30.6 Å². The summed E-state index contributed by atoms with van der Waals surface area (Å²) in [6.45, 7) is 0.725. The second kappa shape index (κ2) is 8.00. The fraction of sp³-hybridized carbons (Fsp3) is 0.235. The molecule has 0 aliphatic rings. The minimum absolute atomic E-state index is 0.129. The molecular formula is C17H18N6O2. The van der Waals surface area contributed by atoms with Gasteiger partial charge in [-0.25, -0.2) is 9.97 Å². The van der Waals surface area contributed by atoms with E-state index in [1.165, 1.54) is 18.6 Å². The average molecular weight is 338 g/mol. The Morgan fingerprint density at radius 2 is 1.96 bits per heavy atom. The Bertz CT molecular complexity index is 829. The molecule has 8 nitrogen and oxygen atoms in total. The molecule has 0 aliphatic carbocycles. The third-order valence-electron chi connectivity index (χ3n) is 3.56. The highest BCUT2D eigenvalue weighted by Crippen LogP contribution is 2.10. The smallest absolute Gasteiger partial charge is 0.271 e. The maximum absolute atomic E-state index is 11.8. The van der Waals surface area contributed by atoms with Gasteiger partial charge in [0.05, 0.1) is 17.2 Å². The number of carbonyl (C=O) groups is 2. The molecule has 0 radical (unpaired) electrons. The van der Waals surface area contributed by atoms with E-state index in [1.807, 2.05) is 24.3 Å². The number of hydrogen-bond donors (Lipinski definition) is 3. The van der Waals surface area contributed by atoms with Crippen LogP contribution in [0.4, 0.5) is 0 Å². The Morgan fingerprint density at radius 3 is 2.76 bits per heavy atom. The van der Waals surface area contributed by atoms with Gasteiger partial charge < -0.3 is 15.6 Å². The molecule has 8 heteroatoms. The quantitative estimate of drug-likeness (QED) is 0.591. The van der Waals surface area contributed by atoms with Crippen LogP contribution in [0.15, 0.2) is 42.9 Å². The summed E-state index contributed by atoms with van der Waals surface area (Å²) in [4.78, 5) is 38.9. The molecule has 0 bridgehead atoms. The van der Waals surface area contributed by atoms with Crippen LogP contribution < -0.4 is 10.6 Å². The first kappa shape index (κ1) is 16.6. The van der Waals surface area contributed by atoms with Crippen molar-refractivity contribution in [2.75, 3.05) is 13.1 Å². The lowest BCUT2D eigenvalue weighted by atomic mass is 10.3. The normalized spacial score (nSPS) is 10.6. The summed E-state index contributed by atoms with van der Waals surface area (Å²) in [5.74, 6) is 0.358. The molecule has 128 valence electrons. The summed E-state index contributed by atoms with van der Waals surface area (Å²) in [5.41, 5.74) is 2.12. The topological polar surface area (TPSA) is 113 Å². The highest BCUT2D eigenvalue weighted by atomic mass is 16.2. The Hall–Kier alpha value is -3.29. The summed E-state index contributed by atoms with van der Waals surface area (Å²) >= 11 is 0. The number of aromatic amines is 1. The molecule has 2 heterocycles. The maximum atomic E-state index is 11.8. The van der Waals surface area contributed by atoms with Crippen LogP contribution in [0.25, 0.3) is 11.0 Å². The lowest BCUT2D eigenvalue weighted by Crippen LogP contribution is -2.32. The van der Waals surface area contributed by atoms with Gasteiger partial charge in [0.15, 0.2) is 0 Å². The Morgan fingerprint density at radius 1 is 1.08 bits per heavy atom. The van der Waals surface area contributed by atoms with Crippen molar-refractivity contribution in [2.45, 2.75) is 12.8 Å². The van der Waals surface area contributed by atoms with Gasteiger partial charge >= 0.3 is 0 Å². The van der Waals surface area contributed by atoms with Gasteiger partial charge in [0.2, 0.25) is 5.91 Å². The Balaban J connectivity index is 1.36. The molecule has 25 heavy (non-hydrogen) atoms. The molecule has 2 aromatic heterocycles. The molecule has 0 unspecified atom stereocenters. The fourth-order valence-electron chi connectivity index (χ4n) is 2.33. The lowest BCUT2D eigenvalue weighted by Gasteiger charge is -2.05. The van der Waals surface area contributed by atoms with Crippen molar-refractivity contribution in [2.24, 2.45) is 0 Å². The van der Waals surface area contributed by atoms with Crippen LogP contribution >= 0.6 is 0 Å². The van der Waals surface area contributed by atoms with Crippen LogP contribution in [0.5, 0.6) is 0 Å². The van der Waals surface area contributed by atoms with Crippen molar-refractivity contribution in [3.05, 3.63) is 54.4 Å². The Kier molecular flexibility index (Phi) is 5.30. The molecule has 0 fully saturated rings. The minimum atomic E-state index is -0.344. The van der Waals surface area contributed by atoms with Crippen LogP contribution in [0.1, 0.15) is 22.7 Å². The highest BCUT2D eigenvalue weighted by Gasteiger charge is 2.08. The molecule has 0 saturated heterocycles. The van der Waals surface area contributed by atoms with Gasteiger partial charge in [0.1, 0.15) is 11.5 Å². The van der Waals surface area contributed by atoms with Crippen LogP contribution in [-0.2, 0) is 11.2 Å². The number of imidazole rings is 1. The molecule has 1 aromatic carbocycles. The van der Waals surface area contributed by atoms with E-state index >= 15 is 0 Å². The van der Waals surface area contributed by atoms with Crippen molar-refractivity contribution in [3.63, 3.8) is 0 Å². The number of nitrogens with one attached hydrogen (secondary N) is 3. The first-order valence-electron chi connectivity index (χ1n) is 7.97. The van der Waals surface area contributed by atoms with Gasteiger partial charge in [-0.2, -0.15) is 0 Å². The lowest BCUT2D eigenvalue weighted by molar-refractivity contribution is -0.120. The molecule has 0 atom stereocenters. The monoisotopic (exact) mass is 338 g/mol. The van der Waals surface area contributed by atoms with E-state index in [4.69, 9.17) is 0 Å². The first-order valence-corrected chi connectivity index (χ1v) is 7.97. The van der Waals surface area contributed by atoms with Gasteiger partial charge in [-0.3, -0.25) is 14.6 Å². The molecular weight excluding hydrogens is 320 g/mol. The predicted molar refractivity (Wildman–Crippen MR) is 91.8 cm³/mol. The van der Waals surface area contributed by atoms with E-state index in [1.54, 1.807) is 0 Å². The number of hydrogen-bond acceptors (Lipinski definition) is 5. The summed E-state index contributed by atoms with van der Waals surface area (Å²) in [6, 6.07) is 7.78. The third-order valence-corrected chi connectivity index (χ3v) is 3.56. The van der Waals surface area contributed by atoms with Crippen molar-refractivity contribution < 1.29 is 9.59 Å².